The zero-order chi connectivity index (χ0) is 26.0. The first-order valence-electron chi connectivity index (χ1n) is 12.7. The first-order chi connectivity index (χ1) is 16.2. The Bertz CT molecular complexity index is 1020. The molecule has 1 N–H and O–H groups in total. The molecule has 1 saturated carbocycles. The standard InChI is InChI=1S/C26H41BrFN3O3Si/c1-17-8-10-18(11-9-17)22(30-25(32)34-26(2,3)4)24-29-23-20(13-12-19(27)21(23)28)31(24)16-33-14-15-35(5,6)7/h12-13,17-18,22H,8-11,14-16H2,1-7H3,(H,30,32)/t17?,18?,22-/m0/s1. The number of fused-ring (bicyclic) bond motifs is 1. The molecule has 0 unspecified atom stereocenters. The lowest BCUT2D eigenvalue weighted by atomic mass is 9.79. The third-order valence-corrected chi connectivity index (χ3v) is 8.86. The molecule has 1 fully saturated rings. The van der Waals surface area contributed by atoms with Crippen LogP contribution in [-0.4, -0.2) is 35.9 Å². The second-order valence-corrected chi connectivity index (χ2v) is 18.6. The van der Waals surface area contributed by atoms with Gasteiger partial charge in [0.1, 0.15) is 23.7 Å². The number of halogens is 2. The number of carbonyl (C=O) groups is 1. The molecule has 1 atom stereocenters. The quantitative estimate of drug-likeness (QED) is 0.262. The third-order valence-electron chi connectivity index (χ3n) is 6.54. The summed E-state index contributed by atoms with van der Waals surface area (Å²) in [7, 11) is -1.25. The molecule has 196 valence electrons. The van der Waals surface area contributed by atoms with Gasteiger partial charge in [-0.2, -0.15) is 0 Å². The van der Waals surface area contributed by atoms with Gasteiger partial charge in [0.2, 0.25) is 0 Å². The van der Waals surface area contributed by atoms with Crippen LogP contribution >= 0.6 is 15.9 Å². The predicted octanol–water partition coefficient (Wildman–Crippen LogP) is 7.64. The maximum atomic E-state index is 15.1. The average molecular weight is 571 g/mol. The van der Waals surface area contributed by atoms with E-state index >= 15 is 4.39 Å². The Balaban J connectivity index is 2.00. The summed E-state index contributed by atoms with van der Waals surface area (Å²) < 4.78 is 29.1. The predicted molar refractivity (Wildman–Crippen MR) is 145 cm³/mol. The lowest BCUT2D eigenvalue weighted by Gasteiger charge is -2.33. The Morgan fingerprint density at radius 1 is 1.26 bits per heavy atom. The molecule has 0 radical (unpaired) electrons. The zero-order valence-corrected chi connectivity index (χ0v) is 24.8. The molecule has 3 rings (SSSR count). The van der Waals surface area contributed by atoms with Crippen LogP contribution in [0.1, 0.15) is 65.2 Å². The first kappa shape index (κ1) is 28.1. The maximum absolute atomic E-state index is 15.1. The highest BCUT2D eigenvalue weighted by molar-refractivity contribution is 9.10. The molecule has 1 aromatic carbocycles. The number of imidazole rings is 1. The van der Waals surface area contributed by atoms with E-state index in [0.29, 0.717) is 28.3 Å². The molecule has 0 aliphatic heterocycles. The fourth-order valence-electron chi connectivity index (χ4n) is 4.51. The van der Waals surface area contributed by atoms with Crippen LogP contribution in [0.2, 0.25) is 25.7 Å². The second-order valence-electron chi connectivity index (χ2n) is 12.1. The third kappa shape index (κ3) is 7.76. The van der Waals surface area contributed by atoms with E-state index < -0.39 is 31.6 Å². The molecular weight excluding hydrogens is 529 g/mol. The number of carbonyl (C=O) groups excluding carboxylic acids is 1. The maximum Gasteiger partial charge on any atom is 0.408 e. The van der Waals surface area contributed by atoms with E-state index in [1.807, 2.05) is 31.4 Å². The van der Waals surface area contributed by atoms with Crippen molar-refractivity contribution in [3.05, 3.63) is 28.2 Å². The van der Waals surface area contributed by atoms with Crippen molar-refractivity contribution in [3.63, 3.8) is 0 Å². The van der Waals surface area contributed by atoms with Gasteiger partial charge in [0.25, 0.3) is 0 Å². The van der Waals surface area contributed by atoms with E-state index in [2.05, 4.69) is 47.8 Å². The number of benzene rings is 1. The van der Waals surface area contributed by atoms with Crippen LogP contribution in [0, 0.1) is 17.7 Å². The fraction of sp³-hybridized carbons (Fsp3) is 0.692. The molecule has 6 nitrogen and oxygen atoms in total. The summed E-state index contributed by atoms with van der Waals surface area (Å²) in [5.41, 5.74) is 0.324. The SMILES string of the molecule is CC1CCC([C@H](NC(=O)OC(C)(C)C)c2nc3c(F)c(Br)ccc3n2COCC[Si](C)(C)C)CC1. The molecule has 9 heteroatoms. The van der Waals surface area contributed by atoms with Gasteiger partial charge in [-0.1, -0.05) is 39.4 Å². The number of rotatable bonds is 8. The van der Waals surface area contributed by atoms with Crippen molar-refractivity contribution in [2.75, 3.05) is 6.61 Å². The molecule has 1 amide bonds. The van der Waals surface area contributed by atoms with E-state index in [1.54, 1.807) is 6.07 Å². The minimum atomic E-state index is -1.25. The van der Waals surface area contributed by atoms with Gasteiger partial charge in [0.05, 0.1) is 16.0 Å². The molecule has 35 heavy (non-hydrogen) atoms. The Kier molecular flexibility index (Phi) is 9.08. The number of hydrogen-bond acceptors (Lipinski definition) is 4. The van der Waals surface area contributed by atoms with Crippen molar-refractivity contribution in [1.29, 1.82) is 0 Å². The lowest BCUT2D eigenvalue weighted by Crippen LogP contribution is -2.40. The number of ether oxygens (including phenoxy) is 2. The number of aromatic nitrogens is 2. The summed E-state index contributed by atoms with van der Waals surface area (Å²) >= 11 is 3.29. The summed E-state index contributed by atoms with van der Waals surface area (Å²) in [6.45, 7) is 15.6. The van der Waals surface area contributed by atoms with Gasteiger partial charge in [0, 0.05) is 14.7 Å². The van der Waals surface area contributed by atoms with E-state index in [1.165, 1.54) is 0 Å². The highest BCUT2D eigenvalue weighted by Crippen LogP contribution is 2.38. The molecule has 1 aliphatic rings. The average Bonchev–Trinajstić information content (AvgIpc) is 3.10. The van der Waals surface area contributed by atoms with Crippen LogP contribution in [0.15, 0.2) is 16.6 Å². The molecular formula is C26H41BrFN3O3Si. The zero-order valence-electron chi connectivity index (χ0n) is 22.2. The van der Waals surface area contributed by atoms with Gasteiger partial charge in [-0.15, -0.1) is 0 Å². The van der Waals surface area contributed by atoms with Crippen LogP contribution in [-0.2, 0) is 16.2 Å². The van der Waals surface area contributed by atoms with Gasteiger partial charge in [-0.3, -0.25) is 0 Å². The normalized spacial score (nSPS) is 20.1. The molecule has 0 saturated heterocycles. The van der Waals surface area contributed by atoms with Crippen molar-refractivity contribution in [3.8, 4) is 0 Å². The summed E-state index contributed by atoms with van der Waals surface area (Å²) in [5.74, 6) is 1.06. The number of nitrogens with zero attached hydrogens (tertiary/aromatic N) is 2. The number of alkyl carbamates (subject to hydrolysis) is 1. The van der Waals surface area contributed by atoms with Crippen molar-refractivity contribution < 1.29 is 18.7 Å². The van der Waals surface area contributed by atoms with Crippen LogP contribution < -0.4 is 5.32 Å². The minimum absolute atomic E-state index is 0.183. The van der Waals surface area contributed by atoms with Crippen LogP contribution in [0.25, 0.3) is 11.0 Å². The molecule has 2 aromatic rings. The molecule has 1 aliphatic carbocycles. The summed E-state index contributed by atoms with van der Waals surface area (Å²) in [6, 6.07) is 4.19. The highest BCUT2D eigenvalue weighted by Gasteiger charge is 2.34. The Morgan fingerprint density at radius 2 is 1.91 bits per heavy atom. The highest BCUT2D eigenvalue weighted by atomic mass is 79.9. The van der Waals surface area contributed by atoms with Crippen molar-refractivity contribution >= 4 is 41.1 Å². The number of nitrogens with one attached hydrogen (secondary N) is 1. The van der Waals surface area contributed by atoms with Crippen molar-refractivity contribution in [2.45, 2.75) is 97.4 Å². The number of hydrogen-bond donors (Lipinski definition) is 1. The van der Waals surface area contributed by atoms with Crippen molar-refractivity contribution in [1.82, 2.24) is 14.9 Å². The van der Waals surface area contributed by atoms with E-state index in [-0.39, 0.29) is 18.2 Å². The molecule has 1 heterocycles. The molecule has 0 spiro atoms. The van der Waals surface area contributed by atoms with Gasteiger partial charge in [-0.25, -0.2) is 14.2 Å². The van der Waals surface area contributed by atoms with Gasteiger partial charge in [0.15, 0.2) is 5.82 Å². The van der Waals surface area contributed by atoms with Gasteiger partial charge in [-0.05, 0) is 79.6 Å². The van der Waals surface area contributed by atoms with Crippen LogP contribution in [0.3, 0.4) is 0 Å². The Labute approximate surface area is 218 Å². The Morgan fingerprint density at radius 3 is 2.51 bits per heavy atom. The minimum Gasteiger partial charge on any atom is -0.444 e. The number of amides is 1. The second kappa shape index (κ2) is 11.3. The first-order valence-corrected chi connectivity index (χ1v) is 17.2. The fourth-order valence-corrected chi connectivity index (χ4v) is 5.58. The van der Waals surface area contributed by atoms with Crippen LogP contribution in [0.4, 0.5) is 9.18 Å². The van der Waals surface area contributed by atoms with E-state index in [9.17, 15) is 4.79 Å². The van der Waals surface area contributed by atoms with Crippen molar-refractivity contribution in [2.24, 2.45) is 11.8 Å². The van der Waals surface area contributed by atoms with Gasteiger partial charge >= 0.3 is 6.09 Å². The van der Waals surface area contributed by atoms with Crippen LogP contribution in [0.5, 0.6) is 0 Å². The molecule has 1 aromatic heterocycles. The lowest BCUT2D eigenvalue weighted by molar-refractivity contribution is 0.0454. The smallest absolute Gasteiger partial charge is 0.408 e. The largest absolute Gasteiger partial charge is 0.444 e. The summed E-state index contributed by atoms with van der Waals surface area (Å²) in [5, 5.41) is 3.10. The topological polar surface area (TPSA) is 65.4 Å². The Hall–Kier alpha value is -1.45. The summed E-state index contributed by atoms with van der Waals surface area (Å²) in [6.07, 6.45) is 3.62. The van der Waals surface area contributed by atoms with E-state index in [0.717, 1.165) is 31.7 Å². The summed E-state index contributed by atoms with van der Waals surface area (Å²) in [4.78, 5) is 17.7. The van der Waals surface area contributed by atoms with E-state index in [4.69, 9.17) is 14.5 Å². The van der Waals surface area contributed by atoms with Gasteiger partial charge < -0.3 is 19.4 Å². The monoisotopic (exact) mass is 569 g/mol. The molecule has 0 bridgehead atoms.